The normalized spacial score (nSPS) is 19.3. The van der Waals surface area contributed by atoms with Crippen molar-refractivity contribution in [1.82, 2.24) is 30.7 Å². The molecule has 1 saturated heterocycles. The zero-order valence-corrected chi connectivity index (χ0v) is 23.8. The number of fused-ring (bicyclic) bond motifs is 2. The molecule has 1 aromatic carbocycles. The first-order valence-corrected chi connectivity index (χ1v) is 15.1. The molecule has 2 aromatic heterocycles. The van der Waals surface area contributed by atoms with Gasteiger partial charge in [0.25, 0.3) is 5.91 Å². The zero-order valence-electron chi connectivity index (χ0n) is 23.8. The minimum absolute atomic E-state index is 0.0475. The smallest absolute Gasteiger partial charge is 0.290 e. The van der Waals surface area contributed by atoms with Crippen LogP contribution < -0.4 is 10.6 Å². The number of hydrogen-bond donors (Lipinski definition) is 3. The van der Waals surface area contributed by atoms with E-state index in [2.05, 4.69) is 62.2 Å². The number of carbonyl (C=O) groups is 3. The van der Waals surface area contributed by atoms with Gasteiger partial charge in [-0.2, -0.15) is 0 Å². The van der Waals surface area contributed by atoms with Gasteiger partial charge in [-0.05, 0) is 36.3 Å². The number of nitrogens with one attached hydrogen (secondary N) is 3. The van der Waals surface area contributed by atoms with Crippen molar-refractivity contribution in [3.8, 4) is 0 Å². The fourth-order valence-corrected chi connectivity index (χ4v) is 6.86. The highest BCUT2D eigenvalue weighted by molar-refractivity contribution is 5.96. The van der Waals surface area contributed by atoms with Crippen LogP contribution in [0.3, 0.4) is 0 Å². The van der Waals surface area contributed by atoms with Gasteiger partial charge < -0.3 is 25.0 Å². The van der Waals surface area contributed by atoms with E-state index in [0.29, 0.717) is 25.4 Å². The van der Waals surface area contributed by atoms with Crippen LogP contribution in [0.5, 0.6) is 0 Å². The second kappa shape index (κ2) is 12.3. The lowest BCUT2D eigenvalue weighted by atomic mass is 9.74. The maximum absolute atomic E-state index is 14.0. The summed E-state index contributed by atoms with van der Waals surface area (Å²) in [6.45, 7) is 1.20. The van der Waals surface area contributed by atoms with Crippen LogP contribution in [0.4, 0.5) is 0 Å². The number of benzene rings is 1. The Morgan fingerprint density at radius 2 is 1.86 bits per heavy atom. The number of piperidine rings is 1. The molecule has 2 aliphatic carbocycles. The highest BCUT2D eigenvalue weighted by Crippen LogP contribution is 2.43. The van der Waals surface area contributed by atoms with Crippen molar-refractivity contribution >= 4 is 23.8 Å². The number of imidazole rings is 1. The molecular formula is C32H38N6O4. The van der Waals surface area contributed by atoms with Crippen LogP contribution in [0.2, 0.25) is 0 Å². The average molecular weight is 571 g/mol. The van der Waals surface area contributed by atoms with Crippen molar-refractivity contribution in [2.45, 2.75) is 75.3 Å². The van der Waals surface area contributed by atoms with E-state index >= 15 is 0 Å². The van der Waals surface area contributed by atoms with Crippen LogP contribution in [0.1, 0.15) is 78.7 Å². The number of carbonyl (C=O) groups excluding carboxylic acids is 3. The predicted octanol–water partition coefficient (Wildman–Crippen LogP) is 3.78. The number of likely N-dealkylation sites (tertiary alicyclic amines) is 1. The van der Waals surface area contributed by atoms with Crippen molar-refractivity contribution in [2.24, 2.45) is 5.92 Å². The van der Waals surface area contributed by atoms with Gasteiger partial charge in [-0.25, -0.2) is 4.98 Å². The second-order valence-electron chi connectivity index (χ2n) is 11.9. The van der Waals surface area contributed by atoms with Gasteiger partial charge in [-0.3, -0.25) is 14.4 Å². The van der Waals surface area contributed by atoms with Gasteiger partial charge >= 0.3 is 0 Å². The number of rotatable bonds is 9. The number of allylic oxidation sites excluding steroid dienone is 1. The molecule has 10 heteroatoms. The summed E-state index contributed by atoms with van der Waals surface area (Å²) in [4.78, 5) is 49.7. The summed E-state index contributed by atoms with van der Waals surface area (Å²) in [5.41, 5.74) is 3.28. The monoisotopic (exact) mass is 570 g/mol. The molecule has 0 radical (unpaired) electrons. The van der Waals surface area contributed by atoms with E-state index in [0.717, 1.165) is 44.2 Å². The SMILES string of the molecule is O=C(N[C@@H](CC1CCCCC1)C(=O)N[C@@H](Cc1cnc[nH]1)C(=O)N1CCC2(C=Cc3ccccc32)CC1)c1ccno1. The Labute approximate surface area is 245 Å². The lowest BCUT2D eigenvalue weighted by Crippen LogP contribution is -2.57. The molecule has 2 fully saturated rings. The number of hydrogen-bond acceptors (Lipinski definition) is 6. The highest BCUT2D eigenvalue weighted by atomic mass is 16.5. The lowest BCUT2D eigenvalue weighted by Gasteiger charge is -2.40. The average Bonchev–Trinajstić information content (AvgIpc) is 3.80. The van der Waals surface area contributed by atoms with E-state index in [9.17, 15) is 14.4 Å². The summed E-state index contributed by atoms with van der Waals surface area (Å²) in [6, 6.07) is 8.33. The van der Waals surface area contributed by atoms with Crippen molar-refractivity contribution in [3.63, 3.8) is 0 Å². The third-order valence-corrected chi connectivity index (χ3v) is 9.22. The molecule has 1 saturated carbocycles. The van der Waals surface area contributed by atoms with Crippen LogP contribution in [0, 0.1) is 5.92 Å². The molecule has 1 aliphatic heterocycles. The molecule has 3 N–H and O–H groups in total. The van der Waals surface area contributed by atoms with Gasteiger partial charge in [-0.15, -0.1) is 0 Å². The lowest BCUT2D eigenvalue weighted by molar-refractivity contribution is -0.138. The Morgan fingerprint density at radius 3 is 2.60 bits per heavy atom. The molecule has 2 atom stereocenters. The van der Waals surface area contributed by atoms with Crippen molar-refractivity contribution in [1.29, 1.82) is 0 Å². The molecule has 3 heterocycles. The van der Waals surface area contributed by atoms with Crippen molar-refractivity contribution in [2.75, 3.05) is 13.1 Å². The number of aromatic nitrogens is 3. The minimum Gasteiger partial charge on any atom is -0.351 e. The van der Waals surface area contributed by atoms with Gasteiger partial charge in [0, 0.05) is 42.9 Å². The first-order chi connectivity index (χ1) is 20.5. The summed E-state index contributed by atoms with van der Waals surface area (Å²) in [5.74, 6) is -0.613. The second-order valence-corrected chi connectivity index (χ2v) is 11.9. The summed E-state index contributed by atoms with van der Waals surface area (Å²) in [6.07, 6.45) is 17.0. The number of nitrogens with zero attached hydrogens (tertiary/aromatic N) is 3. The van der Waals surface area contributed by atoms with Gasteiger partial charge in [0.15, 0.2) is 0 Å². The molecule has 3 amide bonds. The molecule has 220 valence electrons. The maximum atomic E-state index is 14.0. The molecule has 42 heavy (non-hydrogen) atoms. The molecule has 1 spiro atoms. The Balaban J connectivity index is 1.17. The van der Waals surface area contributed by atoms with E-state index in [1.807, 2.05) is 4.90 Å². The summed E-state index contributed by atoms with van der Waals surface area (Å²) >= 11 is 0. The number of H-pyrrole nitrogens is 1. The highest BCUT2D eigenvalue weighted by Gasteiger charge is 2.40. The Morgan fingerprint density at radius 1 is 1.05 bits per heavy atom. The van der Waals surface area contributed by atoms with Crippen molar-refractivity contribution in [3.05, 3.63) is 77.7 Å². The molecule has 3 aromatic rings. The fraction of sp³-hybridized carbons (Fsp3) is 0.469. The van der Waals surface area contributed by atoms with Crippen LogP contribution in [-0.4, -0.2) is 62.9 Å². The van der Waals surface area contributed by atoms with Crippen LogP contribution in [-0.2, 0) is 21.4 Å². The van der Waals surface area contributed by atoms with E-state index in [4.69, 9.17) is 4.52 Å². The number of aromatic amines is 1. The topological polar surface area (TPSA) is 133 Å². The van der Waals surface area contributed by atoms with Gasteiger partial charge in [0.05, 0.1) is 12.5 Å². The molecule has 6 rings (SSSR count). The molecule has 3 aliphatic rings. The van der Waals surface area contributed by atoms with E-state index in [1.54, 1.807) is 12.5 Å². The molecular weight excluding hydrogens is 532 g/mol. The summed E-state index contributed by atoms with van der Waals surface area (Å²) in [7, 11) is 0. The maximum Gasteiger partial charge on any atom is 0.290 e. The largest absolute Gasteiger partial charge is 0.351 e. The Kier molecular flexibility index (Phi) is 8.21. The number of amides is 3. The van der Waals surface area contributed by atoms with E-state index in [-0.39, 0.29) is 29.4 Å². The third kappa shape index (κ3) is 6.03. The first kappa shape index (κ1) is 27.9. The fourth-order valence-electron chi connectivity index (χ4n) is 6.86. The molecule has 0 bridgehead atoms. The standard InChI is InChI=1S/C32H38N6O4/c39-29(26(18-22-6-2-1-3-7-22)36-30(40)28-11-15-35-42-28)37-27(19-24-20-33-21-34-24)31(41)38-16-13-32(14-17-38)12-10-23-8-4-5-9-25(23)32/h4-5,8-12,15,20-22,26-27H,1-3,6-7,13-14,16-19H2,(H,33,34)(H,36,40)(H,37,39)/t26-,27-/m0/s1. The van der Waals surface area contributed by atoms with Gasteiger partial charge in [0.2, 0.25) is 17.6 Å². The van der Waals surface area contributed by atoms with Gasteiger partial charge in [-0.1, -0.05) is 73.7 Å². The van der Waals surface area contributed by atoms with E-state index < -0.39 is 18.0 Å². The van der Waals surface area contributed by atoms with Crippen molar-refractivity contribution < 1.29 is 18.9 Å². The predicted molar refractivity (Wildman–Crippen MR) is 156 cm³/mol. The van der Waals surface area contributed by atoms with Gasteiger partial charge in [0.1, 0.15) is 12.1 Å². The third-order valence-electron chi connectivity index (χ3n) is 9.22. The Hall–Kier alpha value is -4.21. The summed E-state index contributed by atoms with van der Waals surface area (Å²) in [5, 5.41) is 9.49. The molecule has 0 unspecified atom stereocenters. The van der Waals surface area contributed by atoms with E-state index in [1.165, 1.54) is 29.8 Å². The molecule has 10 nitrogen and oxygen atoms in total. The van der Waals surface area contributed by atoms with Crippen LogP contribution in [0.15, 0.2) is 59.7 Å². The first-order valence-electron chi connectivity index (χ1n) is 15.1. The van der Waals surface area contributed by atoms with Crippen LogP contribution >= 0.6 is 0 Å². The Bertz CT molecular complexity index is 1400. The summed E-state index contributed by atoms with van der Waals surface area (Å²) < 4.78 is 5.03. The zero-order chi connectivity index (χ0) is 28.9. The quantitative estimate of drug-likeness (QED) is 0.359. The minimum atomic E-state index is -0.799. The van der Waals surface area contributed by atoms with Crippen LogP contribution in [0.25, 0.3) is 6.08 Å².